The van der Waals surface area contributed by atoms with Crippen LogP contribution in [-0.4, -0.2) is 44.1 Å². The van der Waals surface area contributed by atoms with E-state index in [1.807, 2.05) is 30.3 Å². The highest BCUT2D eigenvalue weighted by Gasteiger charge is 2.36. The van der Waals surface area contributed by atoms with Crippen LogP contribution in [0.25, 0.3) is 0 Å². The standard InChI is InChI=1S/C15H20ClNO4/c1-19-15(16,11-12-5-3-2-4-6-12)14(18)17-8-7-13-20-9-10-21-13/h2-6,13H,7-11H2,1H3,(H,17,18). The Bertz CT molecular complexity index is 450. The highest BCUT2D eigenvalue weighted by Crippen LogP contribution is 2.22. The van der Waals surface area contributed by atoms with Gasteiger partial charge in [-0.1, -0.05) is 41.9 Å². The first-order chi connectivity index (χ1) is 10.1. The Labute approximate surface area is 129 Å². The van der Waals surface area contributed by atoms with Crippen LogP contribution in [0.5, 0.6) is 0 Å². The Morgan fingerprint density at radius 1 is 1.38 bits per heavy atom. The molecule has 0 aromatic heterocycles. The number of hydrogen-bond acceptors (Lipinski definition) is 4. The van der Waals surface area contributed by atoms with Gasteiger partial charge in [0.05, 0.1) is 13.2 Å². The largest absolute Gasteiger partial charge is 0.354 e. The first kappa shape index (κ1) is 16.2. The molecule has 0 aliphatic carbocycles. The van der Waals surface area contributed by atoms with E-state index in [1.54, 1.807) is 0 Å². The van der Waals surface area contributed by atoms with Gasteiger partial charge in [0.15, 0.2) is 6.29 Å². The molecule has 1 aromatic rings. The molecule has 1 heterocycles. The minimum absolute atomic E-state index is 0.244. The highest BCUT2D eigenvalue weighted by molar-refractivity contribution is 6.33. The fourth-order valence-corrected chi connectivity index (χ4v) is 2.33. The minimum atomic E-state index is -1.40. The van der Waals surface area contributed by atoms with Crippen LogP contribution < -0.4 is 5.32 Å². The van der Waals surface area contributed by atoms with Crippen molar-refractivity contribution in [1.29, 1.82) is 0 Å². The summed E-state index contributed by atoms with van der Waals surface area (Å²) in [6.07, 6.45) is 0.647. The van der Waals surface area contributed by atoms with Crippen molar-refractivity contribution in [2.24, 2.45) is 0 Å². The lowest BCUT2D eigenvalue weighted by Crippen LogP contribution is -2.46. The van der Waals surface area contributed by atoms with Crippen LogP contribution in [0.1, 0.15) is 12.0 Å². The van der Waals surface area contributed by atoms with E-state index in [2.05, 4.69) is 5.32 Å². The monoisotopic (exact) mass is 313 g/mol. The van der Waals surface area contributed by atoms with Crippen molar-refractivity contribution >= 4 is 17.5 Å². The lowest BCUT2D eigenvalue weighted by Gasteiger charge is -2.24. The third-order valence-corrected chi connectivity index (χ3v) is 3.75. The molecule has 1 saturated heterocycles. The number of ether oxygens (including phenoxy) is 3. The quantitative estimate of drug-likeness (QED) is 0.778. The number of nitrogens with one attached hydrogen (secondary N) is 1. The zero-order valence-electron chi connectivity index (χ0n) is 12.0. The number of carbonyl (C=O) groups excluding carboxylic acids is 1. The molecule has 0 bridgehead atoms. The van der Waals surface area contributed by atoms with Gasteiger partial charge in [0, 0.05) is 26.5 Å². The van der Waals surface area contributed by atoms with Gasteiger partial charge in [-0.25, -0.2) is 0 Å². The molecule has 2 rings (SSSR count). The minimum Gasteiger partial charge on any atom is -0.354 e. The third kappa shape index (κ3) is 4.68. The van der Waals surface area contributed by atoms with Gasteiger partial charge in [-0.3, -0.25) is 4.79 Å². The van der Waals surface area contributed by atoms with E-state index in [4.69, 9.17) is 25.8 Å². The van der Waals surface area contributed by atoms with E-state index in [-0.39, 0.29) is 12.2 Å². The number of amides is 1. The van der Waals surface area contributed by atoms with E-state index >= 15 is 0 Å². The number of rotatable bonds is 7. The summed E-state index contributed by atoms with van der Waals surface area (Å²) in [5.74, 6) is -0.353. The van der Waals surface area contributed by atoms with Crippen molar-refractivity contribution < 1.29 is 19.0 Å². The predicted octanol–water partition coefficient (Wildman–Crippen LogP) is 1.69. The van der Waals surface area contributed by atoms with Crippen LogP contribution in [0.2, 0.25) is 0 Å². The molecular weight excluding hydrogens is 294 g/mol. The van der Waals surface area contributed by atoms with E-state index in [0.29, 0.717) is 32.6 Å². The maximum Gasteiger partial charge on any atom is 0.268 e. The summed E-state index contributed by atoms with van der Waals surface area (Å²) in [6.45, 7) is 1.63. The number of carbonyl (C=O) groups is 1. The van der Waals surface area contributed by atoms with Crippen LogP contribution in [0.3, 0.4) is 0 Å². The lowest BCUT2D eigenvalue weighted by molar-refractivity contribution is -0.135. The molecule has 5 nitrogen and oxygen atoms in total. The number of halogens is 1. The molecule has 1 aliphatic heterocycles. The fourth-order valence-electron chi connectivity index (χ4n) is 2.11. The van der Waals surface area contributed by atoms with Crippen molar-refractivity contribution in [3.8, 4) is 0 Å². The van der Waals surface area contributed by atoms with Gasteiger partial charge < -0.3 is 19.5 Å². The van der Waals surface area contributed by atoms with Gasteiger partial charge >= 0.3 is 0 Å². The normalized spacial score (nSPS) is 18.4. The second-order valence-electron chi connectivity index (χ2n) is 4.81. The zero-order valence-corrected chi connectivity index (χ0v) is 12.8. The summed E-state index contributed by atoms with van der Waals surface area (Å²) in [4.78, 5) is 12.2. The van der Waals surface area contributed by atoms with Crippen molar-refractivity contribution in [1.82, 2.24) is 5.32 Å². The summed E-state index contributed by atoms with van der Waals surface area (Å²) >= 11 is 6.31. The summed E-state index contributed by atoms with van der Waals surface area (Å²) < 4.78 is 15.8. The number of methoxy groups -OCH3 is 1. The molecule has 1 fully saturated rings. The van der Waals surface area contributed by atoms with E-state index in [1.165, 1.54) is 7.11 Å². The van der Waals surface area contributed by atoms with Crippen molar-refractivity contribution in [3.05, 3.63) is 35.9 Å². The first-order valence-electron chi connectivity index (χ1n) is 6.93. The van der Waals surface area contributed by atoms with Crippen LogP contribution in [0.15, 0.2) is 30.3 Å². The molecule has 1 aromatic carbocycles. The van der Waals surface area contributed by atoms with Crippen LogP contribution in [-0.2, 0) is 25.4 Å². The van der Waals surface area contributed by atoms with Gasteiger partial charge in [-0.15, -0.1) is 0 Å². The van der Waals surface area contributed by atoms with Gasteiger partial charge in [-0.05, 0) is 5.56 Å². The third-order valence-electron chi connectivity index (χ3n) is 3.29. The fraction of sp³-hybridized carbons (Fsp3) is 0.533. The summed E-state index contributed by atoms with van der Waals surface area (Å²) in [7, 11) is 1.43. The number of hydrogen-bond donors (Lipinski definition) is 1. The summed E-state index contributed by atoms with van der Waals surface area (Å²) in [5, 5.41) is 1.36. The molecule has 1 atom stereocenters. The molecule has 116 valence electrons. The molecule has 0 radical (unpaired) electrons. The average Bonchev–Trinajstić information content (AvgIpc) is 3.01. The van der Waals surface area contributed by atoms with E-state index in [9.17, 15) is 4.79 Å². The topological polar surface area (TPSA) is 56.8 Å². The Morgan fingerprint density at radius 3 is 2.67 bits per heavy atom. The van der Waals surface area contributed by atoms with Crippen molar-refractivity contribution in [3.63, 3.8) is 0 Å². The Morgan fingerprint density at radius 2 is 2.05 bits per heavy atom. The number of alkyl halides is 1. The lowest BCUT2D eigenvalue weighted by atomic mass is 10.1. The van der Waals surface area contributed by atoms with Crippen LogP contribution in [0, 0.1) is 0 Å². The van der Waals surface area contributed by atoms with E-state index in [0.717, 1.165) is 5.56 Å². The van der Waals surface area contributed by atoms with Gasteiger partial charge in [-0.2, -0.15) is 0 Å². The average molecular weight is 314 g/mol. The Kier molecular flexibility index (Phi) is 5.99. The second kappa shape index (κ2) is 7.75. The Hall–Kier alpha value is -1.14. The van der Waals surface area contributed by atoms with Gasteiger partial charge in [0.1, 0.15) is 0 Å². The summed E-state index contributed by atoms with van der Waals surface area (Å²) in [5.41, 5.74) is 0.937. The first-order valence-corrected chi connectivity index (χ1v) is 7.31. The Balaban J connectivity index is 1.84. The predicted molar refractivity (Wildman–Crippen MR) is 79.1 cm³/mol. The molecule has 1 amide bonds. The van der Waals surface area contributed by atoms with Crippen LogP contribution >= 0.6 is 11.6 Å². The van der Waals surface area contributed by atoms with Gasteiger partial charge in [0.25, 0.3) is 5.91 Å². The van der Waals surface area contributed by atoms with Crippen molar-refractivity contribution in [2.75, 3.05) is 26.9 Å². The van der Waals surface area contributed by atoms with Crippen LogP contribution in [0.4, 0.5) is 0 Å². The van der Waals surface area contributed by atoms with E-state index < -0.39 is 5.06 Å². The zero-order chi connectivity index (χ0) is 15.1. The number of benzene rings is 1. The molecule has 1 aliphatic rings. The van der Waals surface area contributed by atoms with Gasteiger partial charge in [0.2, 0.25) is 5.06 Å². The SMILES string of the molecule is COC(Cl)(Cc1ccccc1)C(=O)NCCC1OCCO1. The molecule has 1 unspecified atom stereocenters. The maximum absolute atomic E-state index is 12.2. The highest BCUT2D eigenvalue weighted by atomic mass is 35.5. The molecule has 1 N–H and O–H groups in total. The molecule has 21 heavy (non-hydrogen) atoms. The summed E-state index contributed by atoms with van der Waals surface area (Å²) in [6, 6.07) is 9.52. The molecule has 0 saturated carbocycles. The van der Waals surface area contributed by atoms with Crippen molar-refractivity contribution in [2.45, 2.75) is 24.2 Å². The molecular formula is C15H20ClNO4. The molecule has 6 heteroatoms. The smallest absolute Gasteiger partial charge is 0.268 e. The second-order valence-corrected chi connectivity index (χ2v) is 5.42. The molecule has 0 spiro atoms. The maximum atomic E-state index is 12.2.